The van der Waals surface area contributed by atoms with Gasteiger partial charge in [0.25, 0.3) is 11.7 Å². The first-order valence-electron chi connectivity index (χ1n) is 13.4. The van der Waals surface area contributed by atoms with Gasteiger partial charge in [-0.2, -0.15) is 0 Å². The van der Waals surface area contributed by atoms with E-state index in [2.05, 4.69) is 39.5 Å². The smallest absolute Gasteiger partial charge is 0.295 e. The van der Waals surface area contributed by atoms with Crippen LogP contribution in [0.4, 0.5) is 0 Å². The van der Waals surface area contributed by atoms with Crippen molar-refractivity contribution in [3.05, 3.63) is 70.3 Å². The fourth-order valence-electron chi connectivity index (χ4n) is 4.77. The summed E-state index contributed by atoms with van der Waals surface area (Å²) in [5.74, 6) is -0.648. The van der Waals surface area contributed by atoms with Gasteiger partial charge < -0.3 is 19.6 Å². The molecule has 37 heavy (non-hydrogen) atoms. The van der Waals surface area contributed by atoms with Crippen molar-refractivity contribution in [2.24, 2.45) is 0 Å². The second-order valence-corrected chi connectivity index (χ2v) is 10.7. The number of ether oxygens (including phenoxy) is 1. The third kappa shape index (κ3) is 6.24. The van der Waals surface area contributed by atoms with Gasteiger partial charge in [0, 0.05) is 18.7 Å². The number of carbonyl (C=O) groups excluding carboxylic acids is 2. The van der Waals surface area contributed by atoms with Crippen LogP contribution in [0.2, 0.25) is 0 Å². The first kappa shape index (κ1) is 28.5. The van der Waals surface area contributed by atoms with Gasteiger partial charge >= 0.3 is 0 Å². The molecule has 0 radical (unpaired) electrons. The number of nitrogens with zero attached hydrogens (tertiary/aromatic N) is 2. The number of aliphatic hydroxyl groups is 1. The normalized spacial score (nSPS) is 17.6. The molecule has 6 nitrogen and oxygen atoms in total. The van der Waals surface area contributed by atoms with Crippen LogP contribution < -0.4 is 4.74 Å². The molecule has 0 spiro atoms. The Morgan fingerprint density at radius 1 is 1.03 bits per heavy atom. The van der Waals surface area contributed by atoms with Crippen molar-refractivity contribution in [1.82, 2.24) is 9.80 Å². The third-order valence-corrected chi connectivity index (χ3v) is 7.11. The average molecular weight is 507 g/mol. The van der Waals surface area contributed by atoms with Crippen molar-refractivity contribution >= 4 is 17.4 Å². The molecule has 0 bridgehead atoms. The van der Waals surface area contributed by atoms with Crippen LogP contribution in [0, 0.1) is 6.92 Å². The van der Waals surface area contributed by atoms with E-state index in [4.69, 9.17) is 4.74 Å². The second kappa shape index (κ2) is 12.0. The molecule has 6 heteroatoms. The Morgan fingerprint density at radius 3 is 2.22 bits per heavy atom. The molecule has 2 aromatic carbocycles. The summed E-state index contributed by atoms with van der Waals surface area (Å²) in [5, 5.41) is 11.5. The molecule has 1 aliphatic heterocycles. The molecule has 3 rings (SSSR count). The molecule has 1 saturated heterocycles. The number of hydrogen-bond donors (Lipinski definition) is 1. The summed E-state index contributed by atoms with van der Waals surface area (Å²) in [6.45, 7) is 17.9. The number of ketones is 1. The van der Waals surface area contributed by atoms with Gasteiger partial charge in [-0.05, 0) is 66.7 Å². The van der Waals surface area contributed by atoms with E-state index in [1.807, 2.05) is 44.2 Å². The number of likely N-dealkylation sites (tertiary alicyclic amines) is 1. The standard InChI is InChI=1S/C31H42N2O4/c1-8-19-37-24-15-16-25(21(4)20-24)28(34)26-27(22-11-13-23(14-12-22)31(5,6)7)33(30(36)29(26)35)18-17-32(9-2)10-3/h11-16,20,27,34H,8-10,17-19H2,1-7H3. The molecule has 0 saturated carbocycles. The molecule has 1 unspecified atom stereocenters. The predicted molar refractivity (Wildman–Crippen MR) is 149 cm³/mol. The number of amides is 1. The Hall–Kier alpha value is -3.12. The van der Waals surface area contributed by atoms with Crippen LogP contribution in [0.1, 0.15) is 76.3 Å². The fourth-order valence-corrected chi connectivity index (χ4v) is 4.77. The van der Waals surface area contributed by atoms with E-state index in [1.165, 1.54) is 0 Å². The summed E-state index contributed by atoms with van der Waals surface area (Å²) < 4.78 is 5.72. The lowest BCUT2D eigenvalue weighted by molar-refractivity contribution is -0.140. The van der Waals surface area contributed by atoms with Gasteiger partial charge in [-0.1, -0.05) is 65.8 Å². The first-order chi connectivity index (χ1) is 17.5. The molecule has 2 aromatic rings. The lowest BCUT2D eigenvalue weighted by atomic mass is 9.85. The van der Waals surface area contributed by atoms with Crippen LogP contribution in [0.25, 0.3) is 5.76 Å². The predicted octanol–water partition coefficient (Wildman–Crippen LogP) is 5.84. The van der Waals surface area contributed by atoms with Crippen molar-refractivity contribution in [3.63, 3.8) is 0 Å². The van der Waals surface area contributed by atoms with Crippen molar-refractivity contribution < 1.29 is 19.4 Å². The highest BCUT2D eigenvalue weighted by Crippen LogP contribution is 2.40. The van der Waals surface area contributed by atoms with Crippen LogP contribution in [0.5, 0.6) is 5.75 Å². The lowest BCUT2D eigenvalue weighted by Gasteiger charge is -2.29. The van der Waals surface area contributed by atoms with E-state index >= 15 is 0 Å². The topological polar surface area (TPSA) is 70.1 Å². The summed E-state index contributed by atoms with van der Waals surface area (Å²) in [5.41, 5.74) is 3.40. The number of benzene rings is 2. The number of aryl methyl sites for hydroxylation is 1. The van der Waals surface area contributed by atoms with E-state index in [0.717, 1.165) is 36.2 Å². The number of Topliss-reactive ketones (excluding diaryl/α,β-unsaturated/α-hetero) is 1. The maximum Gasteiger partial charge on any atom is 0.295 e. The zero-order valence-electron chi connectivity index (χ0n) is 23.4. The maximum atomic E-state index is 13.4. The first-order valence-corrected chi connectivity index (χ1v) is 13.4. The van der Waals surface area contributed by atoms with Crippen LogP contribution in [0.3, 0.4) is 0 Å². The summed E-state index contributed by atoms with van der Waals surface area (Å²) in [6, 6.07) is 12.8. The van der Waals surface area contributed by atoms with Crippen LogP contribution >= 0.6 is 0 Å². The molecule has 200 valence electrons. The van der Waals surface area contributed by atoms with Gasteiger partial charge in [0.2, 0.25) is 0 Å². The molecule has 1 amide bonds. The highest BCUT2D eigenvalue weighted by Gasteiger charge is 2.46. The Kier molecular flexibility index (Phi) is 9.19. The number of likely N-dealkylation sites (N-methyl/N-ethyl adjacent to an activating group) is 1. The van der Waals surface area contributed by atoms with E-state index in [0.29, 0.717) is 31.0 Å². The summed E-state index contributed by atoms with van der Waals surface area (Å²) in [6.07, 6.45) is 0.895. The quantitative estimate of drug-likeness (QED) is 0.249. The van der Waals surface area contributed by atoms with Crippen molar-refractivity contribution in [2.75, 3.05) is 32.8 Å². The molecule has 1 N–H and O–H groups in total. The Labute approximate surface area is 221 Å². The largest absolute Gasteiger partial charge is 0.507 e. The Bertz CT molecular complexity index is 1140. The molecule has 1 fully saturated rings. The minimum absolute atomic E-state index is 0.0260. The summed E-state index contributed by atoms with van der Waals surface area (Å²) >= 11 is 0. The third-order valence-electron chi connectivity index (χ3n) is 7.11. The van der Waals surface area contributed by atoms with Crippen molar-refractivity contribution in [1.29, 1.82) is 0 Å². The van der Waals surface area contributed by atoms with Gasteiger partial charge in [0.15, 0.2) is 0 Å². The minimum atomic E-state index is -0.653. The van der Waals surface area contributed by atoms with E-state index < -0.39 is 17.7 Å². The van der Waals surface area contributed by atoms with E-state index in [1.54, 1.807) is 17.0 Å². The molecular formula is C31H42N2O4. The second-order valence-electron chi connectivity index (χ2n) is 10.7. The molecule has 1 atom stereocenters. The molecular weight excluding hydrogens is 464 g/mol. The van der Waals surface area contributed by atoms with Gasteiger partial charge in [-0.3, -0.25) is 9.59 Å². The SMILES string of the molecule is CCCOc1ccc(C(O)=C2C(=O)C(=O)N(CCN(CC)CC)C2c2ccc(C(C)(C)C)cc2)c(C)c1. The van der Waals surface area contributed by atoms with Gasteiger partial charge in [-0.25, -0.2) is 0 Å². The summed E-state index contributed by atoms with van der Waals surface area (Å²) in [4.78, 5) is 30.5. The summed E-state index contributed by atoms with van der Waals surface area (Å²) in [7, 11) is 0. The molecule has 0 aromatic heterocycles. The van der Waals surface area contributed by atoms with Gasteiger partial charge in [-0.15, -0.1) is 0 Å². The monoisotopic (exact) mass is 506 g/mol. The van der Waals surface area contributed by atoms with Crippen LogP contribution in [0.15, 0.2) is 48.0 Å². The van der Waals surface area contributed by atoms with Crippen molar-refractivity contribution in [2.45, 2.75) is 66.3 Å². The lowest BCUT2D eigenvalue weighted by Crippen LogP contribution is -2.38. The highest BCUT2D eigenvalue weighted by molar-refractivity contribution is 6.46. The van der Waals surface area contributed by atoms with Gasteiger partial charge in [0.05, 0.1) is 18.2 Å². The Morgan fingerprint density at radius 2 is 1.68 bits per heavy atom. The Balaban J connectivity index is 2.10. The average Bonchev–Trinajstić information content (AvgIpc) is 3.12. The number of aliphatic hydroxyl groups excluding tert-OH is 1. The molecule has 0 aliphatic carbocycles. The zero-order valence-corrected chi connectivity index (χ0v) is 23.4. The maximum absolute atomic E-state index is 13.4. The van der Waals surface area contributed by atoms with Crippen LogP contribution in [-0.2, 0) is 15.0 Å². The van der Waals surface area contributed by atoms with E-state index in [-0.39, 0.29) is 16.7 Å². The minimum Gasteiger partial charge on any atom is -0.507 e. The number of hydrogen-bond acceptors (Lipinski definition) is 5. The molecule has 1 heterocycles. The molecule has 1 aliphatic rings. The number of rotatable bonds is 10. The van der Waals surface area contributed by atoms with Gasteiger partial charge in [0.1, 0.15) is 11.5 Å². The highest BCUT2D eigenvalue weighted by atomic mass is 16.5. The van der Waals surface area contributed by atoms with Crippen molar-refractivity contribution in [3.8, 4) is 5.75 Å². The number of carbonyl (C=O) groups is 2. The van der Waals surface area contributed by atoms with Crippen LogP contribution in [-0.4, -0.2) is 59.4 Å². The van der Waals surface area contributed by atoms with E-state index in [9.17, 15) is 14.7 Å². The zero-order chi connectivity index (χ0) is 27.3. The fraction of sp³-hybridized carbons (Fsp3) is 0.484.